The minimum atomic E-state index is 0.307. The number of unbranched alkanes of at least 4 members (excludes halogenated alkanes) is 14. The van der Waals surface area contributed by atoms with Crippen molar-refractivity contribution in [2.75, 3.05) is 0 Å². The Kier molecular flexibility index (Phi) is 13.3. The number of hydrogen-bond donors (Lipinski definition) is 1. The van der Waals surface area contributed by atoms with Crippen molar-refractivity contribution in [2.24, 2.45) is 0 Å². The van der Waals surface area contributed by atoms with E-state index < -0.39 is 0 Å². The molecule has 1 heterocycles. The summed E-state index contributed by atoms with van der Waals surface area (Å²) in [5.41, 5.74) is 3.13. The first kappa shape index (κ1) is 23.0. The minimum Gasteiger partial charge on any atom is -0.364 e. The second kappa shape index (κ2) is 15.1. The number of nitrogens with one attached hydrogen (secondary N) is 1. The highest BCUT2D eigenvalue weighted by molar-refractivity contribution is 5.97. The van der Waals surface area contributed by atoms with Crippen LogP contribution >= 0.6 is 0 Å². The van der Waals surface area contributed by atoms with Crippen LogP contribution < -0.4 is 0 Å². The molecule has 26 heavy (non-hydrogen) atoms. The van der Waals surface area contributed by atoms with E-state index in [0.29, 0.717) is 12.2 Å². The van der Waals surface area contributed by atoms with E-state index in [-0.39, 0.29) is 0 Å². The number of aromatic amines is 1. The highest BCUT2D eigenvalue weighted by Crippen LogP contribution is 2.17. The van der Waals surface area contributed by atoms with Crippen LogP contribution in [0, 0.1) is 13.8 Å². The van der Waals surface area contributed by atoms with E-state index in [9.17, 15) is 4.79 Å². The number of H-pyrrole nitrogens is 1. The lowest BCUT2D eigenvalue weighted by Gasteiger charge is -2.04. The van der Waals surface area contributed by atoms with Gasteiger partial charge in [0, 0.05) is 23.9 Å². The third-order valence-corrected chi connectivity index (χ3v) is 5.71. The number of carbonyl (C=O) groups excluding carboxylic acids is 1. The molecule has 0 atom stereocenters. The zero-order chi connectivity index (χ0) is 19.0. The van der Waals surface area contributed by atoms with E-state index in [1.807, 2.05) is 20.0 Å². The first-order chi connectivity index (χ1) is 12.7. The Morgan fingerprint density at radius 1 is 0.731 bits per heavy atom. The van der Waals surface area contributed by atoms with Gasteiger partial charge in [0.25, 0.3) is 0 Å². The lowest BCUT2D eigenvalue weighted by Crippen LogP contribution is -1.99. The second-order valence-electron chi connectivity index (χ2n) is 8.08. The summed E-state index contributed by atoms with van der Waals surface area (Å²) in [6.07, 6.45) is 23.0. The van der Waals surface area contributed by atoms with Gasteiger partial charge in [-0.2, -0.15) is 0 Å². The minimum absolute atomic E-state index is 0.307. The van der Waals surface area contributed by atoms with Gasteiger partial charge in [-0.15, -0.1) is 0 Å². The van der Waals surface area contributed by atoms with Gasteiger partial charge >= 0.3 is 0 Å². The van der Waals surface area contributed by atoms with Crippen molar-refractivity contribution in [1.82, 2.24) is 4.98 Å². The Morgan fingerprint density at radius 2 is 1.15 bits per heavy atom. The molecule has 1 aromatic heterocycles. The molecule has 2 heteroatoms. The van der Waals surface area contributed by atoms with E-state index in [2.05, 4.69) is 11.9 Å². The topological polar surface area (TPSA) is 32.9 Å². The average molecular weight is 362 g/mol. The molecule has 0 spiro atoms. The van der Waals surface area contributed by atoms with Gasteiger partial charge in [0.2, 0.25) is 0 Å². The number of rotatable bonds is 17. The summed E-state index contributed by atoms with van der Waals surface area (Å²) in [4.78, 5) is 15.3. The first-order valence-electron chi connectivity index (χ1n) is 11.3. The SMILES string of the molecule is CCCCCCCCCCCCCCCCCC(=O)c1c[nH]c(C)c1C. The Morgan fingerprint density at radius 3 is 1.54 bits per heavy atom. The van der Waals surface area contributed by atoms with Crippen LogP contribution in [0.5, 0.6) is 0 Å². The maximum Gasteiger partial charge on any atom is 0.164 e. The molecule has 0 saturated heterocycles. The molecular formula is C24H43NO. The van der Waals surface area contributed by atoms with Crippen molar-refractivity contribution in [2.45, 2.75) is 124 Å². The smallest absolute Gasteiger partial charge is 0.164 e. The molecule has 1 rings (SSSR count). The number of aryl methyl sites for hydroxylation is 1. The van der Waals surface area contributed by atoms with Crippen molar-refractivity contribution in [3.05, 3.63) is 23.0 Å². The summed E-state index contributed by atoms with van der Waals surface area (Å²) in [7, 11) is 0. The predicted octanol–water partition coefficient (Wildman–Crippen LogP) is 8.08. The van der Waals surface area contributed by atoms with Crippen molar-refractivity contribution < 1.29 is 4.79 Å². The number of aromatic nitrogens is 1. The zero-order valence-electron chi connectivity index (χ0n) is 17.8. The number of carbonyl (C=O) groups is 1. The van der Waals surface area contributed by atoms with E-state index in [4.69, 9.17) is 0 Å². The molecule has 0 amide bonds. The molecule has 0 saturated carbocycles. The van der Waals surface area contributed by atoms with E-state index in [1.54, 1.807) is 0 Å². The molecule has 0 unspecified atom stereocenters. The summed E-state index contributed by atoms with van der Waals surface area (Å²) in [6, 6.07) is 0. The molecular weight excluding hydrogens is 318 g/mol. The highest BCUT2D eigenvalue weighted by Gasteiger charge is 2.11. The van der Waals surface area contributed by atoms with Gasteiger partial charge in [0.15, 0.2) is 5.78 Å². The fraction of sp³-hybridized carbons (Fsp3) is 0.792. The van der Waals surface area contributed by atoms with Crippen molar-refractivity contribution in [1.29, 1.82) is 0 Å². The van der Waals surface area contributed by atoms with Crippen LogP contribution in [0.2, 0.25) is 0 Å². The van der Waals surface area contributed by atoms with Crippen LogP contribution in [0.4, 0.5) is 0 Å². The van der Waals surface area contributed by atoms with Crippen molar-refractivity contribution in [3.8, 4) is 0 Å². The first-order valence-corrected chi connectivity index (χ1v) is 11.3. The van der Waals surface area contributed by atoms with Crippen LogP contribution in [-0.2, 0) is 0 Å². The summed E-state index contributed by atoms with van der Waals surface area (Å²) in [5, 5.41) is 0. The Bertz CT molecular complexity index is 475. The van der Waals surface area contributed by atoms with Gasteiger partial charge in [0.05, 0.1) is 0 Å². The molecule has 0 radical (unpaired) electrons. The molecule has 0 aliphatic carbocycles. The standard InChI is InChI=1S/C24H43NO/c1-4-5-6-7-8-9-10-11-12-13-14-15-16-17-18-19-24(26)23-20-25-22(3)21(23)2/h20,25H,4-19H2,1-3H3. The van der Waals surface area contributed by atoms with Crippen LogP contribution in [0.25, 0.3) is 0 Å². The normalized spacial score (nSPS) is 11.2. The number of Topliss-reactive ketones (excluding diaryl/α,β-unsaturated/α-hetero) is 1. The largest absolute Gasteiger partial charge is 0.364 e. The van der Waals surface area contributed by atoms with Crippen molar-refractivity contribution >= 4 is 5.78 Å². The summed E-state index contributed by atoms with van der Waals surface area (Å²) in [5.74, 6) is 0.307. The van der Waals surface area contributed by atoms with Gasteiger partial charge in [-0.25, -0.2) is 0 Å². The van der Waals surface area contributed by atoms with Gasteiger partial charge < -0.3 is 4.98 Å². The Hall–Kier alpha value is -1.05. The highest BCUT2D eigenvalue weighted by atomic mass is 16.1. The number of hydrogen-bond acceptors (Lipinski definition) is 1. The lowest BCUT2D eigenvalue weighted by molar-refractivity contribution is 0.0978. The summed E-state index contributed by atoms with van der Waals surface area (Å²) < 4.78 is 0. The quantitative estimate of drug-likeness (QED) is 0.221. The van der Waals surface area contributed by atoms with E-state index in [0.717, 1.165) is 23.2 Å². The third kappa shape index (κ3) is 10.2. The molecule has 1 aromatic rings. The van der Waals surface area contributed by atoms with Crippen molar-refractivity contribution in [3.63, 3.8) is 0 Å². The molecule has 0 aliphatic rings. The fourth-order valence-corrected chi connectivity index (χ4v) is 3.68. The molecule has 1 N–H and O–H groups in total. The number of ketones is 1. The van der Waals surface area contributed by atoms with E-state index in [1.165, 1.54) is 89.9 Å². The van der Waals surface area contributed by atoms with Crippen LogP contribution in [0.3, 0.4) is 0 Å². The zero-order valence-corrected chi connectivity index (χ0v) is 17.8. The molecule has 0 aromatic carbocycles. The predicted molar refractivity (Wildman–Crippen MR) is 114 cm³/mol. The van der Waals surface area contributed by atoms with Gasteiger partial charge in [-0.1, -0.05) is 96.8 Å². The van der Waals surface area contributed by atoms with Gasteiger partial charge in [0.1, 0.15) is 0 Å². The van der Waals surface area contributed by atoms with Gasteiger partial charge in [-0.05, 0) is 25.8 Å². The van der Waals surface area contributed by atoms with Crippen LogP contribution in [0.1, 0.15) is 131 Å². The molecule has 2 nitrogen and oxygen atoms in total. The third-order valence-electron chi connectivity index (χ3n) is 5.71. The van der Waals surface area contributed by atoms with E-state index >= 15 is 0 Å². The van der Waals surface area contributed by atoms with Gasteiger partial charge in [-0.3, -0.25) is 4.79 Å². The molecule has 0 bridgehead atoms. The second-order valence-corrected chi connectivity index (χ2v) is 8.08. The summed E-state index contributed by atoms with van der Waals surface area (Å²) >= 11 is 0. The van der Waals surface area contributed by atoms with Crippen LogP contribution in [-0.4, -0.2) is 10.8 Å². The van der Waals surface area contributed by atoms with Crippen LogP contribution in [0.15, 0.2) is 6.20 Å². The molecule has 0 fully saturated rings. The fourth-order valence-electron chi connectivity index (χ4n) is 3.68. The maximum atomic E-state index is 12.2. The monoisotopic (exact) mass is 361 g/mol. The molecule has 0 aliphatic heterocycles. The Labute approximate surface area is 162 Å². The summed E-state index contributed by atoms with van der Waals surface area (Å²) in [6.45, 7) is 6.34. The maximum absolute atomic E-state index is 12.2. The average Bonchev–Trinajstić information content (AvgIpc) is 2.97. The lowest BCUT2D eigenvalue weighted by atomic mass is 10.0. The Balaban J connectivity index is 1.84. The molecule has 150 valence electrons.